The number of aromatic nitrogens is 2. The Bertz CT molecular complexity index is 550. The molecule has 2 aromatic rings. The molecular formula is C14H19ClN4. The van der Waals surface area contributed by atoms with Gasteiger partial charge in [-0.25, -0.2) is 0 Å². The van der Waals surface area contributed by atoms with Gasteiger partial charge < -0.3 is 0 Å². The molecule has 0 bridgehead atoms. The lowest BCUT2D eigenvalue weighted by Crippen LogP contribution is -2.28. The summed E-state index contributed by atoms with van der Waals surface area (Å²) in [4.78, 5) is 0. The van der Waals surface area contributed by atoms with Gasteiger partial charge in [0.2, 0.25) is 0 Å². The van der Waals surface area contributed by atoms with Gasteiger partial charge in [0.25, 0.3) is 0 Å². The molecule has 0 aliphatic carbocycles. The van der Waals surface area contributed by atoms with E-state index in [1.54, 1.807) is 0 Å². The number of nitrogens with zero attached hydrogens (tertiary/aromatic N) is 2. The monoisotopic (exact) mass is 278 g/mol. The average molecular weight is 279 g/mol. The molecule has 19 heavy (non-hydrogen) atoms. The van der Waals surface area contributed by atoms with Crippen molar-refractivity contribution in [3.63, 3.8) is 0 Å². The van der Waals surface area contributed by atoms with E-state index in [4.69, 9.17) is 17.4 Å². The van der Waals surface area contributed by atoms with Crippen LogP contribution in [0.25, 0.3) is 0 Å². The summed E-state index contributed by atoms with van der Waals surface area (Å²) in [6.07, 6.45) is 5.77. The molecule has 1 aromatic heterocycles. The molecule has 5 heteroatoms. The van der Waals surface area contributed by atoms with Crippen molar-refractivity contribution in [3.8, 4) is 0 Å². The molecule has 0 amide bonds. The summed E-state index contributed by atoms with van der Waals surface area (Å²) in [6.45, 7) is 2.00. The largest absolute Gasteiger partial charge is 0.276 e. The SMILES string of the molecule is Cc1cc(C(CCc2cnn(C)c2)NN)ccc1Cl. The second-order valence-electron chi connectivity index (χ2n) is 4.79. The second-order valence-corrected chi connectivity index (χ2v) is 5.20. The van der Waals surface area contributed by atoms with Gasteiger partial charge in [0.15, 0.2) is 0 Å². The highest BCUT2D eigenvalue weighted by Crippen LogP contribution is 2.23. The predicted molar refractivity (Wildman–Crippen MR) is 77.8 cm³/mol. The number of rotatable bonds is 5. The lowest BCUT2D eigenvalue weighted by molar-refractivity contribution is 0.516. The lowest BCUT2D eigenvalue weighted by atomic mass is 9.99. The van der Waals surface area contributed by atoms with E-state index >= 15 is 0 Å². The highest BCUT2D eigenvalue weighted by molar-refractivity contribution is 6.31. The number of hydrogen-bond acceptors (Lipinski definition) is 3. The van der Waals surface area contributed by atoms with Crippen molar-refractivity contribution in [3.05, 3.63) is 52.3 Å². The lowest BCUT2D eigenvalue weighted by Gasteiger charge is -2.16. The van der Waals surface area contributed by atoms with E-state index in [1.807, 2.05) is 43.2 Å². The zero-order valence-electron chi connectivity index (χ0n) is 11.2. The van der Waals surface area contributed by atoms with Crippen molar-refractivity contribution < 1.29 is 0 Å². The van der Waals surface area contributed by atoms with Crippen molar-refractivity contribution in [1.29, 1.82) is 0 Å². The summed E-state index contributed by atoms with van der Waals surface area (Å²) in [5, 5.41) is 4.95. The van der Waals surface area contributed by atoms with Gasteiger partial charge in [-0.3, -0.25) is 16.0 Å². The minimum atomic E-state index is 0.121. The van der Waals surface area contributed by atoms with Crippen molar-refractivity contribution in [2.24, 2.45) is 12.9 Å². The third-order valence-electron chi connectivity index (χ3n) is 3.27. The molecule has 0 fully saturated rings. The van der Waals surface area contributed by atoms with Gasteiger partial charge in [-0.15, -0.1) is 0 Å². The van der Waals surface area contributed by atoms with Crippen LogP contribution in [0.2, 0.25) is 5.02 Å². The van der Waals surface area contributed by atoms with Gasteiger partial charge >= 0.3 is 0 Å². The van der Waals surface area contributed by atoms with Crippen molar-refractivity contribution in [1.82, 2.24) is 15.2 Å². The van der Waals surface area contributed by atoms with Crippen LogP contribution in [0.1, 0.15) is 29.2 Å². The maximum atomic E-state index is 6.04. The molecule has 0 radical (unpaired) electrons. The van der Waals surface area contributed by atoms with Crippen LogP contribution in [0.5, 0.6) is 0 Å². The molecule has 2 rings (SSSR count). The second kappa shape index (κ2) is 6.19. The number of nitrogens with two attached hydrogens (primary N) is 1. The summed E-state index contributed by atoms with van der Waals surface area (Å²) >= 11 is 6.04. The predicted octanol–water partition coefficient (Wildman–Crippen LogP) is 2.52. The van der Waals surface area contributed by atoms with Crippen LogP contribution in [-0.2, 0) is 13.5 Å². The minimum Gasteiger partial charge on any atom is -0.276 e. The number of nitrogens with one attached hydrogen (secondary N) is 1. The van der Waals surface area contributed by atoms with Crippen LogP contribution in [0, 0.1) is 6.92 Å². The first-order valence-corrected chi connectivity index (χ1v) is 6.67. The van der Waals surface area contributed by atoms with Gasteiger partial charge in [0.05, 0.1) is 6.20 Å². The summed E-state index contributed by atoms with van der Waals surface area (Å²) in [6, 6.07) is 6.14. The number of halogens is 1. The van der Waals surface area contributed by atoms with Gasteiger partial charge in [-0.05, 0) is 42.5 Å². The molecule has 0 saturated heterocycles. The average Bonchev–Trinajstić information content (AvgIpc) is 2.80. The van der Waals surface area contributed by atoms with E-state index in [1.165, 1.54) is 5.56 Å². The quantitative estimate of drug-likeness (QED) is 0.653. The molecular weight excluding hydrogens is 260 g/mol. The van der Waals surface area contributed by atoms with Gasteiger partial charge in [0, 0.05) is 24.3 Å². The van der Waals surface area contributed by atoms with Crippen molar-refractivity contribution in [2.75, 3.05) is 0 Å². The van der Waals surface area contributed by atoms with Gasteiger partial charge in [0.1, 0.15) is 0 Å². The Morgan fingerprint density at radius 3 is 2.84 bits per heavy atom. The minimum absolute atomic E-state index is 0.121. The summed E-state index contributed by atoms with van der Waals surface area (Å²) < 4.78 is 1.81. The Labute approximate surface area is 118 Å². The number of benzene rings is 1. The van der Waals surface area contributed by atoms with E-state index in [2.05, 4.69) is 16.6 Å². The van der Waals surface area contributed by atoms with Crippen molar-refractivity contribution in [2.45, 2.75) is 25.8 Å². The summed E-state index contributed by atoms with van der Waals surface area (Å²) in [7, 11) is 1.92. The Balaban J connectivity index is 2.05. The molecule has 0 saturated carbocycles. The standard InChI is InChI=1S/C14H19ClN4/c1-10-7-12(4-5-13(10)15)14(18-16)6-3-11-8-17-19(2)9-11/h4-5,7-9,14,18H,3,6,16H2,1-2H3. The fourth-order valence-corrected chi connectivity index (χ4v) is 2.26. The Kier molecular flexibility index (Phi) is 4.58. The first kappa shape index (κ1) is 14.1. The van der Waals surface area contributed by atoms with Crippen LogP contribution in [0.3, 0.4) is 0 Å². The fourth-order valence-electron chi connectivity index (χ4n) is 2.14. The van der Waals surface area contributed by atoms with Crippen LogP contribution < -0.4 is 11.3 Å². The number of hydrogen-bond donors (Lipinski definition) is 2. The van der Waals surface area contributed by atoms with E-state index in [9.17, 15) is 0 Å². The van der Waals surface area contributed by atoms with Gasteiger partial charge in [-0.1, -0.05) is 23.7 Å². The van der Waals surface area contributed by atoms with Crippen molar-refractivity contribution >= 4 is 11.6 Å². The van der Waals surface area contributed by atoms with E-state index < -0.39 is 0 Å². The fraction of sp³-hybridized carbons (Fsp3) is 0.357. The molecule has 102 valence electrons. The number of hydrazine groups is 1. The smallest absolute Gasteiger partial charge is 0.0521 e. The maximum absolute atomic E-state index is 6.04. The van der Waals surface area contributed by atoms with Crippen LogP contribution >= 0.6 is 11.6 Å². The highest BCUT2D eigenvalue weighted by Gasteiger charge is 2.11. The first-order chi connectivity index (χ1) is 9.10. The maximum Gasteiger partial charge on any atom is 0.0521 e. The summed E-state index contributed by atoms with van der Waals surface area (Å²) in [5.74, 6) is 5.66. The molecule has 4 nitrogen and oxygen atoms in total. The third kappa shape index (κ3) is 3.56. The first-order valence-electron chi connectivity index (χ1n) is 6.30. The highest BCUT2D eigenvalue weighted by atomic mass is 35.5. The molecule has 1 aromatic carbocycles. The Hall–Kier alpha value is -1.36. The third-order valence-corrected chi connectivity index (χ3v) is 3.69. The molecule has 0 aliphatic heterocycles. The Morgan fingerprint density at radius 1 is 1.47 bits per heavy atom. The number of aryl methyl sites for hydroxylation is 3. The van der Waals surface area contributed by atoms with Crippen LogP contribution in [0.4, 0.5) is 0 Å². The Morgan fingerprint density at radius 2 is 2.26 bits per heavy atom. The molecule has 1 atom stereocenters. The molecule has 0 spiro atoms. The molecule has 1 unspecified atom stereocenters. The topological polar surface area (TPSA) is 55.9 Å². The normalized spacial score (nSPS) is 12.6. The van der Waals surface area contributed by atoms with Crippen LogP contribution in [-0.4, -0.2) is 9.78 Å². The van der Waals surface area contributed by atoms with E-state index in [0.29, 0.717) is 0 Å². The summed E-state index contributed by atoms with van der Waals surface area (Å²) in [5.41, 5.74) is 6.32. The molecule has 0 aliphatic rings. The van der Waals surface area contributed by atoms with Crippen LogP contribution in [0.15, 0.2) is 30.6 Å². The van der Waals surface area contributed by atoms with E-state index in [0.717, 1.165) is 29.0 Å². The molecule has 3 N–H and O–H groups in total. The zero-order valence-corrected chi connectivity index (χ0v) is 12.0. The van der Waals surface area contributed by atoms with E-state index in [-0.39, 0.29) is 6.04 Å². The molecule has 1 heterocycles. The zero-order chi connectivity index (χ0) is 13.8. The van der Waals surface area contributed by atoms with Gasteiger partial charge in [-0.2, -0.15) is 5.10 Å².